The summed E-state index contributed by atoms with van der Waals surface area (Å²) in [6.45, 7) is 0. The van der Waals surface area contributed by atoms with Gasteiger partial charge in [-0.15, -0.1) is 0 Å². The molecule has 1 amide bonds. The van der Waals surface area contributed by atoms with Gasteiger partial charge in [0.2, 0.25) is 5.91 Å². The van der Waals surface area contributed by atoms with E-state index in [0.717, 1.165) is 12.1 Å². The fourth-order valence-electron chi connectivity index (χ4n) is 1.62. The van der Waals surface area contributed by atoms with E-state index in [0.29, 0.717) is 18.4 Å². The lowest BCUT2D eigenvalue weighted by molar-refractivity contribution is -0.137. The summed E-state index contributed by atoms with van der Waals surface area (Å²) >= 11 is 0. The molecule has 0 saturated heterocycles. The van der Waals surface area contributed by atoms with Crippen molar-refractivity contribution in [2.45, 2.75) is 31.5 Å². The fraction of sp³-hybridized carbons (Fsp3) is 0.417. The van der Waals surface area contributed by atoms with Crippen LogP contribution in [0.15, 0.2) is 24.3 Å². The molecule has 1 atom stereocenters. The van der Waals surface area contributed by atoms with Crippen LogP contribution in [0.5, 0.6) is 0 Å². The molecule has 0 aliphatic heterocycles. The van der Waals surface area contributed by atoms with Crippen molar-refractivity contribution in [2.24, 2.45) is 11.5 Å². The number of amides is 1. The van der Waals surface area contributed by atoms with Crippen LogP contribution >= 0.6 is 0 Å². The molecule has 1 unspecified atom stereocenters. The summed E-state index contributed by atoms with van der Waals surface area (Å²) in [6.07, 6.45) is -3.49. The van der Waals surface area contributed by atoms with Gasteiger partial charge < -0.3 is 11.5 Å². The molecular weight excluding hydrogens is 245 g/mol. The Hall–Kier alpha value is -1.56. The van der Waals surface area contributed by atoms with Crippen molar-refractivity contribution in [1.29, 1.82) is 0 Å². The van der Waals surface area contributed by atoms with Crippen molar-refractivity contribution >= 4 is 5.91 Å². The Bertz CT molecular complexity index is 418. The molecule has 1 rings (SSSR count). The van der Waals surface area contributed by atoms with Crippen LogP contribution in [0.25, 0.3) is 0 Å². The Morgan fingerprint density at radius 1 is 1.33 bits per heavy atom. The number of hydrogen-bond acceptors (Lipinski definition) is 2. The summed E-state index contributed by atoms with van der Waals surface area (Å²) in [6, 6.07) is 4.66. The number of rotatable bonds is 5. The van der Waals surface area contributed by atoms with Gasteiger partial charge in [0.15, 0.2) is 0 Å². The van der Waals surface area contributed by atoms with Gasteiger partial charge in [0.1, 0.15) is 0 Å². The van der Waals surface area contributed by atoms with Crippen molar-refractivity contribution in [2.75, 3.05) is 0 Å². The molecule has 0 fully saturated rings. The van der Waals surface area contributed by atoms with Gasteiger partial charge in [-0.1, -0.05) is 18.2 Å². The standard InChI is InChI=1S/C12H15F3N2O/c13-12(14,15)9-3-1-2-8(6-9)4-5-10(16)7-11(17)18/h1-3,6,10H,4-5,7,16H2,(H2,17,18). The smallest absolute Gasteiger partial charge is 0.370 e. The number of halogens is 3. The quantitative estimate of drug-likeness (QED) is 0.848. The zero-order chi connectivity index (χ0) is 13.8. The Morgan fingerprint density at radius 3 is 2.56 bits per heavy atom. The minimum atomic E-state index is -4.34. The van der Waals surface area contributed by atoms with Crippen molar-refractivity contribution < 1.29 is 18.0 Å². The van der Waals surface area contributed by atoms with Gasteiger partial charge >= 0.3 is 6.18 Å². The molecule has 0 heterocycles. The summed E-state index contributed by atoms with van der Waals surface area (Å²) < 4.78 is 37.4. The normalized spacial score (nSPS) is 13.3. The van der Waals surface area contributed by atoms with Crippen molar-refractivity contribution in [1.82, 2.24) is 0 Å². The van der Waals surface area contributed by atoms with E-state index < -0.39 is 23.7 Å². The molecule has 0 aliphatic carbocycles. The van der Waals surface area contributed by atoms with Crippen LogP contribution < -0.4 is 11.5 Å². The molecule has 0 radical (unpaired) electrons. The van der Waals surface area contributed by atoms with E-state index in [4.69, 9.17) is 11.5 Å². The lowest BCUT2D eigenvalue weighted by Gasteiger charge is -2.11. The van der Waals surface area contributed by atoms with Gasteiger partial charge in [0.05, 0.1) is 5.56 Å². The van der Waals surface area contributed by atoms with Gasteiger partial charge in [-0.3, -0.25) is 4.79 Å². The fourth-order valence-corrected chi connectivity index (χ4v) is 1.62. The summed E-state index contributed by atoms with van der Waals surface area (Å²) in [7, 11) is 0. The molecule has 18 heavy (non-hydrogen) atoms. The maximum atomic E-state index is 12.5. The van der Waals surface area contributed by atoms with Gasteiger partial charge in [-0.25, -0.2) is 0 Å². The van der Waals surface area contributed by atoms with Gasteiger partial charge in [0, 0.05) is 12.5 Å². The van der Waals surface area contributed by atoms with Crippen LogP contribution in [0.3, 0.4) is 0 Å². The number of aryl methyl sites for hydroxylation is 1. The van der Waals surface area contributed by atoms with Gasteiger partial charge in [-0.2, -0.15) is 13.2 Å². The summed E-state index contributed by atoms with van der Waals surface area (Å²) in [5.41, 5.74) is 10.5. The average Bonchev–Trinajstić information content (AvgIpc) is 2.25. The molecule has 0 aromatic heterocycles. The Labute approximate surface area is 103 Å². The highest BCUT2D eigenvalue weighted by Crippen LogP contribution is 2.29. The SMILES string of the molecule is NC(=O)CC(N)CCc1cccc(C(F)(F)F)c1. The maximum Gasteiger partial charge on any atom is 0.416 e. The van der Waals surface area contributed by atoms with Crippen LogP contribution in [0, 0.1) is 0 Å². The second-order valence-corrected chi connectivity index (χ2v) is 4.17. The van der Waals surface area contributed by atoms with Crippen LogP contribution in [0.1, 0.15) is 24.0 Å². The molecule has 4 N–H and O–H groups in total. The van der Waals surface area contributed by atoms with Gasteiger partial charge in [-0.05, 0) is 24.5 Å². The van der Waals surface area contributed by atoms with E-state index in [1.807, 2.05) is 0 Å². The highest BCUT2D eigenvalue weighted by Gasteiger charge is 2.30. The molecule has 3 nitrogen and oxygen atoms in total. The van der Waals surface area contributed by atoms with E-state index in [9.17, 15) is 18.0 Å². The monoisotopic (exact) mass is 260 g/mol. The average molecular weight is 260 g/mol. The molecule has 6 heteroatoms. The van der Waals surface area contributed by atoms with E-state index >= 15 is 0 Å². The molecule has 1 aromatic rings. The largest absolute Gasteiger partial charge is 0.416 e. The third-order valence-electron chi connectivity index (χ3n) is 2.52. The summed E-state index contributed by atoms with van der Waals surface area (Å²) in [4.78, 5) is 10.6. The number of primary amides is 1. The van der Waals surface area contributed by atoms with Crippen molar-refractivity contribution in [3.05, 3.63) is 35.4 Å². The lowest BCUT2D eigenvalue weighted by atomic mass is 10.0. The zero-order valence-corrected chi connectivity index (χ0v) is 9.70. The molecular formula is C12H15F3N2O. The Kier molecular flexibility index (Phi) is 4.72. The Balaban J connectivity index is 2.60. The number of carbonyl (C=O) groups excluding carboxylic acids is 1. The topological polar surface area (TPSA) is 69.1 Å². The first kappa shape index (κ1) is 14.5. The second kappa shape index (κ2) is 5.86. The second-order valence-electron chi connectivity index (χ2n) is 4.17. The number of nitrogens with two attached hydrogens (primary N) is 2. The van der Waals surface area contributed by atoms with Gasteiger partial charge in [0.25, 0.3) is 0 Å². The zero-order valence-electron chi connectivity index (χ0n) is 9.70. The minimum absolute atomic E-state index is 0.0406. The van der Waals surface area contributed by atoms with Crippen LogP contribution in [0.2, 0.25) is 0 Å². The van der Waals surface area contributed by atoms with E-state index in [1.165, 1.54) is 6.07 Å². The first-order valence-electron chi connectivity index (χ1n) is 5.49. The highest BCUT2D eigenvalue weighted by atomic mass is 19.4. The van der Waals surface area contributed by atoms with Crippen molar-refractivity contribution in [3.63, 3.8) is 0 Å². The molecule has 0 spiro atoms. The molecule has 100 valence electrons. The molecule has 1 aromatic carbocycles. The maximum absolute atomic E-state index is 12.5. The third kappa shape index (κ3) is 4.75. The predicted octanol–water partition coefficient (Wildman–Crippen LogP) is 1.84. The summed E-state index contributed by atoms with van der Waals surface area (Å²) in [5.74, 6) is -0.508. The van der Waals surface area contributed by atoms with Crippen LogP contribution in [0.4, 0.5) is 13.2 Å². The van der Waals surface area contributed by atoms with Crippen LogP contribution in [-0.4, -0.2) is 11.9 Å². The summed E-state index contributed by atoms with van der Waals surface area (Å²) in [5, 5.41) is 0. The van der Waals surface area contributed by atoms with E-state index in [-0.39, 0.29) is 6.42 Å². The molecule has 0 aliphatic rings. The van der Waals surface area contributed by atoms with E-state index in [1.54, 1.807) is 6.07 Å². The number of benzene rings is 1. The highest BCUT2D eigenvalue weighted by molar-refractivity contribution is 5.74. The van der Waals surface area contributed by atoms with Crippen molar-refractivity contribution in [3.8, 4) is 0 Å². The number of hydrogen-bond donors (Lipinski definition) is 2. The van der Waals surface area contributed by atoms with Crippen LogP contribution in [-0.2, 0) is 17.4 Å². The number of alkyl halides is 3. The lowest BCUT2D eigenvalue weighted by Crippen LogP contribution is -2.27. The third-order valence-corrected chi connectivity index (χ3v) is 2.52. The first-order valence-corrected chi connectivity index (χ1v) is 5.49. The predicted molar refractivity (Wildman–Crippen MR) is 61.6 cm³/mol. The number of carbonyl (C=O) groups is 1. The molecule has 0 saturated carbocycles. The molecule has 0 bridgehead atoms. The minimum Gasteiger partial charge on any atom is -0.370 e. The Morgan fingerprint density at radius 2 is 2.00 bits per heavy atom. The van der Waals surface area contributed by atoms with E-state index in [2.05, 4.69) is 0 Å². The first-order chi connectivity index (χ1) is 8.29.